The van der Waals surface area contributed by atoms with Crippen molar-refractivity contribution in [2.45, 2.75) is 39.5 Å². The van der Waals surface area contributed by atoms with Crippen LogP contribution in [0.15, 0.2) is 0 Å². The van der Waals surface area contributed by atoms with E-state index in [4.69, 9.17) is 4.89 Å². The highest BCUT2D eigenvalue weighted by molar-refractivity contribution is 7.37. The summed E-state index contributed by atoms with van der Waals surface area (Å²) >= 11 is 0. The van der Waals surface area contributed by atoms with Gasteiger partial charge in [-0.2, -0.15) is 4.89 Å². The van der Waals surface area contributed by atoms with Crippen molar-refractivity contribution in [2.24, 2.45) is 5.92 Å². The van der Waals surface area contributed by atoms with E-state index in [0.29, 0.717) is 12.1 Å². The Kier molecular flexibility index (Phi) is 6.79. The van der Waals surface area contributed by atoms with Crippen LogP contribution < -0.4 is 0 Å². The Hall–Kier alpha value is 0.0600. The predicted molar refractivity (Wildman–Crippen MR) is 48.0 cm³/mol. The van der Waals surface area contributed by atoms with E-state index in [1.54, 1.807) is 0 Å². The minimum absolute atomic E-state index is 0.412. The molecule has 3 heteroatoms. The topological polar surface area (TPSA) is 37.3 Å². The third kappa shape index (κ3) is 7.96. The highest BCUT2D eigenvalue weighted by Gasteiger charge is 2.15. The molecule has 0 heterocycles. The molecule has 66 valence electrons. The van der Waals surface area contributed by atoms with Gasteiger partial charge in [0.25, 0.3) is 0 Å². The summed E-state index contributed by atoms with van der Waals surface area (Å²) in [5.41, 5.74) is 0. The second kappa shape index (κ2) is 6.75. The Morgan fingerprint density at radius 3 is 2.55 bits per heavy atom. The van der Waals surface area contributed by atoms with Crippen molar-refractivity contribution < 1.29 is 9.46 Å². The van der Waals surface area contributed by atoms with Crippen molar-refractivity contribution in [3.8, 4) is 0 Å². The zero-order valence-electron chi connectivity index (χ0n) is 7.42. The lowest BCUT2D eigenvalue weighted by Crippen LogP contribution is -1.97. The van der Waals surface area contributed by atoms with Crippen LogP contribution >= 0.6 is 8.03 Å². The van der Waals surface area contributed by atoms with Crippen LogP contribution in [0.5, 0.6) is 0 Å². The minimum atomic E-state index is -1.91. The molecular formula is C8H18O2P+. The fourth-order valence-electron chi connectivity index (χ4n) is 1.10. The molecule has 0 spiro atoms. The molecule has 2 nitrogen and oxygen atoms in total. The molecule has 0 aliphatic carbocycles. The summed E-state index contributed by atoms with van der Waals surface area (Å²) < 4.78 is 10.4. The van der Waals surface area contributed by atoms with E-state index in [2.05, 4.69) is 6.92 Å². The molecule has 11 heavy (non-hydrogen) atoms. The van der Waals surface area contributed by atoms with Gasteiger partial charge in [0.05, 0.1) is 0 Å². The largest absolute Gasteiger partial charge is 0.505 e. The number of hydrogen-bond donors (Lipinski definition) is 1. The minimum Gasteiger partial charge on any atom is -0.161 e. The molecule has 0 aliphatic rings. The van der Waals surface area contributed by atoms with Crippen molar-refractivity contribution in [1.29, 1.82) is 0 Å². The molecule has 0 rings (SSSR count). The smallest absolute Gasteiger partial charge is 0.161 e. The van der Waals surface area contributed by atoms with Crippen LogP contribution in [0.1, 0.15) is 39.5 Å². The van der Waals surface area contributed by atoms with E-state index < -0.39 is 8.03 Å². The maximum absolute atomic E-state index is 10.4. The van der Waals surface area contributed by atoms with Crippen LogP contribution in [0.2, 0.25) is 0 Å². The summed E-state index contributed by atoms with van der Waals surface area (Å²) in [6.07, 6.45) is 5.22. The lowest BCUT2D eigenvalue weighted by molar-refractivity contribution is 0.475. The van der Waals surface area contributed by atoms with Crippen LogP contribution in [0.25, 0.3) is 0 Å². The van der Waals surface area contributed by atoms with Crippen LogP contribution in [0, 0.1) is 5.92 Å². The summed E-state index contributed by atoms with van der Waals surface area (Å²) in [6.45, 7) is 4.20. The molecule has 0 aromatic heterocycles. The third-order valence-electron chi connectivity index (χ3n) is 1.77. The van der Waals surface area contributed by atoms with Crippen molar-refractivity contribution >= 4 is 8.03 Å². The third-order valence-corrected chi connectivity index (χ3v) is 2.70. The Morgan fingerprint density at radius 2 is 2.09 bits per heavy atom. The first-order chi connectivity index (χ1) is 5.16. The zero-order valence-corrected chi connectivity index (χ0v) is 8.31. The van der Waals surface area contributed by atoms with Gasteiger partial charge in [0.15, 0.2) is 6.16 Å². The molecule has 0 radical (unpaired) electrons. The van der Waals surface area contributed by atoms with Gasteiger partial charge in [-0.15, -0.1) is 0 Å². The van der Waals surface area contributed by atoms with Crippen LogP contribution in [0.4, 0.5) is 0 Å². The number of rotatable bonds is 6. The van der Waals surface area contributed by atoms with Gasteiger partial charge in [-0.25, -0.2) is 0 Å². The fourth-order valence-corrected chi connectivity index (χ4v) is 1.82. The van der Waals surface area contributed by atoms with Gasteiger partial charge in [-0.1, -0.05) is 33.1 Å². The number of hydrogen-bond acceptors (Lipinski definition) is 1. The molecule has 0 fully saturated rings. The SMILES string of the molecule is CCCCCC(C)C[P+](=O)O. The highest BCUT2D eigenvalue weighted by Crippen LogP contribution is 2.21. The Bertz CT molecular complexity index is 115. The van der Waals surface area contributed by atoms with E-state index in [1.165, 1.54) is 19.3 Å². The van der Waals surface area contributed by atoms with Crippen molar-refractivity contribution in [1.82, 2.24) is 0 Å². The molecule has 0 bridgehead atoms. The summed E-state index contributed by atoms with van der Waals surface area (Å²) in [5, 5.41) is 0. The van der Waals surface area contributed by atoms with E-state index >= 15 is 0 Å². The van der Waals surface area contributed by atoms with Gasteiger partial charge >= 0.3 is 8.03 Å². The second-order valence-corrected chi connectivity index (χ2v) is 4.21. The molecule has 0 aromatic rings. The van der Waals surface area contributed by atoms with Crippen molar-refractivity contribution in [2.75, 3.05) is 6.16 Å². The maximum atomic E-state index is 10.4. The predicted octanol–water partition coefficient (Wildman–Crippen LogP) is 2.94. The van der Waals surface area contributed by atoms with Gasteiger partial charge < -0.3 is 0 Å². The van der Waals surface area contributed by atoms with E-state index in [0.717, 1.165) is 6.42 Å². The van der Waals surface area contributed by atoms with E-state index in [-0.39, 0.29) is 0 Å². The first-order valence-corrected chi connectivity index (χ1v) is 5.70. The summed E-state index contributed by atoms with van der Waals surface area (Å²) in [4.78, 5) is 8.59. The van der Waals surface area contributed by atoms with E-state index in [9.17, 15) is 4.57 Å². The van der Waals surface area contributed by atoms with Gasteiger partial charge in [0.1, 0.15) is 0 Å². The first kappa shape index (κ1) is 11.1. The van der Waals surface area contributed by atoms with Crippen LogP contribution in [-0.2, 0) is 4.57 Å². The molecule has 0 saturated carbocycles. The quantitative estimate of drug-likeness (QED) is 0.500. The van der Waals surface area contributed by atoms with E-state index in [1.807, 2.05) is 6.92 Å². The van der Waals surface area contributed by atoms with Crippen molar-refractivity contribution in [3.05, 3.63) is 0 Å². The summed E-state index contributed by atoms with van der Waals surface area (Å²) in [5.74, 6) is 0.412. The second-order valence-electron chi connectivity index (χ2n) is 3.14. The lowest BCUT2D eigenvalue weighted by Gasteiger charge is -2.02. The first-order valence-electron chi connectivity index (χ1n) is 4.30. The normalized spacial score (nSPS) is 14.6. The van der Waals surface area contributed by atoms with Crippen LogP contribution in [0.3, 0.4) is 0 Å². The Morgan fingerprint density at radius 1 is 1.45 bits per heavy atom. The number of unbranched alkanes of at least 4 members (excludes halogenated alkanes) is 2. The van der Waals surface area contributed by atoms with Gasteiger partial charge in [0, 0.05) is 5.92 Å². The maximum Gasteiger partial charge on any atom is 0.505 e. The molecule has 0 amide bonds. The highest BCUT2D eigenvalue weighted by atomic mass is 31.1. The lowest BCUT2D eigenvalue weighted by atomic mass is 10.1. The average molecular weight is 177 g/mol. The fraction of sp³-hybridized carbons (Fsp3) is 1.00. The Labute approximate surface area is 69.9 Å². The monoisotopic (exact) mass is 177 g/mol. The Balaban J connectivity index is 3.22. The summed E-state index contributed by atoms with van der Waals surface area (Å²) in [7, 11) is -1.91. The molecule has 1 N–H and O–H groups in total. The molecule has 2 atom stereocenters. The zero-order chi connectivity index (χ0) is 8.69. The van der Waals surface area contributed by atoms with Gasteiger partial charge in [-0.05, 0) is 11.0 Å². The van der Waals surface area contributed by atoms with Gasteiger partial charge in [0.2, 0.25) is 0 Å². The summed E-state index contributed by atoms with van der Waals surface area (Å²) in [6, 6.07) is 0. The molecule has 0 aromatic carbocycles. The average Bonchev–Trinajstić information content (AvgIpc) is 1.86. The van der Waals surface area contributed by atoms with Crippen LogP contribution in [-0.4, -0.2) is 11.1 Å². The standard InChI is InChI=1S/C8H17O2P/c1-3-4-5-6-8(2)7-11(9)10/h8H,3-7H2,1-2H3/p+1. The van der Waals surface area contributed by atoms with Crippen molar-refractivity contribution in [3.63, 3.8) is 0 Å². The molecule has 2 unspecified atom stereocenters. The molecular weight excluding hydrogens is 159 g/mol. The molecule has 0 saturated heterocycles. The molecule has 0 aliphatic heterocycles. The van der Waals surface area contributed by atoms with Gasteiger partial charge in [-0.3, -0.25) is 0 Å².